The normalized spacial score (nSPS) is 11.0. The fourth-order valence-electron chi connectivity index (χ4n) is 3.26. The van der Waals surface area contributed by atoms with Gasteiger partial charge in [0.15, 0.2) is 11.5 Å². The van der Waals surface area contributed by atoms with Gasteiger partial charge in [-0.05, 0) is 49.2 Å². The minimum atomic E-state index is -0.302. The summed E-state index contributed by atoms with van der Waals surface area (Å²) in [4.78, 5) is 17.5. The third kappa shape index (κ3) is 3.93. The Morgan fingerprint density at radius 3 is 2.50 bits per heavy atom. The molecule has 4 rings (SSSR count). The van der Waals surface area contributed by atoms with Crippen LogP contribution >= 0.6 is 11.3 Å². The molecule has 0 atom stereocenters. The zero-order chi connectivity index (χ0) is 21.1. The summed E-state index contributed by atoms with van der Waals surface area (Å²) in [6, 6.07) is 11.8. The van der Waals surface area contributed by atoms with E-state index in [1.165, 1.54) is 23.5 Å². The minimum Gasteiger partial charge on any atom is -0.490 e. The number of rotatable bonds is 7. The molecule has 2 heterocycles. The zero-order valence-corrected chi connectivity index (χ0v) is 17.5. The molecule has 0 radical (unpaired) electrons. The molecule has 0 unspecified atom stereocenters. The monoisotopic (exact) mass is 424 g/mol. The van der Waals surface area contributed by atoms with E-state index in [0.717, 1.165) is 16.7 Å². The summed E-state index contributed by atoms with van der Waals surface area (Å²) in [7, 11) is 0. The second-order valence-corrected chi connectivity index (χ2v) is 7.54. The average molecular weight is 424 g/mol. The van der Waals surface area contributed by atoms with E-state index in [9.17, 15) is 9.18 Å². The third-order valence-electron chi connectivity index (χ3n) is 4.67. The lowest BCUT2D eigenvalue weighted by Crippen LogP contribution is -2.20. The van der Waals surface area contributed by atoms with Crippen molar-refractivity contribution in [2.24, 2.45) is 0 Å². The topological polar surface area (TPSA) is 53.4 Å². The summed E-state index contributed by atoms with van der Waals surface area (Å²) >= 11 is 1.37. The summed E-state index contributed by atoms with van der Waals surface area (Å²) in [6.45, 7) is 5.27. The molecule has 0 saturated carbocycles. The predicted octanol–water partition coefficient (Wildman–Crippen LogP) is 5.11. The maximum Gasteiger partial charge on any atom is 0.271 e. The molecule has 0 saturated heterocycles. The van der Waals surface area contributed by atoms with E-state index >= 15 is 0 Å². The van der Waals surface area contributed by atoms with Crippen molar-refractivity contribution >= 4 is 21.6 Å². The first-order valence-electron chi connectivity index (χ1n) is 9.71. The van der Waals surface area contributed by atoms with Crippen molar-refractivity contribution in [2.75, 3.05) is 13.2 Å². The van der Waals surface area contributed by atoms with Crippen LogP contribution in [0.2, 0.25) is 0 Å². The first kappa shape index (κ1) is 20.1. The van der Waals surface area contributed by atoms with Gasteiger partial charge in [-0.25, -0.2) is 9.37 Å². The van der Waals surface area contributed by atoms with Gasteiger partial charge in [0.25, 0.3) is 5.56 Å². The van der Waals surface area contributed by atoms with Crippen LogP contribution in [0.5, 0.6) is 11.5 Å². The van der Waals surface area contributed by atoms with Gasteiger partial charge < -0.3 is 9.47 Å². The molecule has 0 bridgehead atoms. The summed E-state index contributed by atoms with van der Waals surface area (Å²) in [5.74, 6) is 1.06. The molecule has 5 nitrogen and oxygen atoms in total. The SMILES string of the molecule is CCOc1ccc(-c2csc3c(=O)n(Cc4ccc(F)cc4)cnc23)cc1OCC. The number of hydrogen-bond acceptors (Lipinski definition) is 5. The Kier molecular flexibility index (Phi) is 5.81. The molecule has 154 valence electrons. The number of nitrogens with zero attached hydrogens (tertiary/aromatic N) is 2. The Bertz CT molecular complexity index is 1230. The lowest BCUT2D eigenvalue weighted by atomic mass is 10.1. The van der Waals surface area contributed by atoms with E-state index in [1.807, 2.05) is 37.4 Å². The van der Waals surface area contributed by atoms with Gasteiger partial charge in [-0.3, -0.25) is 9.36 Å². The van der Waals surface area contributed by atoms with E-state index in [4.69, 9.17) is 9.47 Å². The highest BCUT2D eigenvalue weighted by Gasteiger charge is 2.15. The van der Waals surface area contributed by atoms with Crippen molar-refractivity contribution < 1.29 is 13.9 Å². The molecule has 0 N–H and O–H groups in total. The summed E-state index contributed by atoms with van der Waals surface area (Å²) in [5, 5.41) is 1.94. The molecular weight excluding hydrogens is 403 g/mol. The number of ether oxygens (including phenoxy) is 2. The van der Waals surface area contributed by atoms with Crippen LogP contribution < -0.4 is 15.0 Å². The van der Waals surface area contributed by atoms with Gasteiger partial charge in [-0.1, -0.05) is 18.2 Å². The van der Waals surface area contributed by atoms with Crippen LogP contribution in [0, 0.1) is 5.82 Å². The van der Waals surface area contributed by atoms with Gasteiger partial charge >= 0.3 is 0 Å². The summed E-state index contributed by atoms with van der Waals surface area (Å²) in [5.41, 5.74) is 3.18. The Hall–Kier alpha value is -3.19. The molecule has 7 heteroatoms. The van der Waals surface area contributed by atoms with Crippen molar-refractivity contribution in [3.05, 3.63) is 75.9 Å². The van der Waals surface area contributed by atoms with Gasteiger partial charge in [0.2, 0.25) is 0 Å². The molecule has 0 fully saturated rings. The van der Waals surface area contributed by atoms with E-state index in [2.05, 4.69) is 4.98 Å². The molecule has 0 aliphatic carbocycles. The highest BCUT2D eigenvalue weighted by molar-refractivity contribution is 7.17. The number of fused-ring (bicyclic) bond motifs is 1. The smallest absolute Gasteiger partial charge is 0.271 e. The Balaban J connectivity index is 1.72. The van der Waals surface area contributed by atoms with E-state index < -0.39 is 0 Å². The lowest BCUT2D eigenvalue weighted by molar-refractivity contribution is 0.288. The van der Waals surface area contributed by atoms with Crippen molar-refractivity contribution in [3.63, 3.8) is 0 Å². The minimum absolute atomic E-state index is 0.114. The van der Waals surface area contributed by atoms with Crippen LogP contribution in [0.1, 0.15) is 19.4 Å². The largest absolute Gasteiger partial charge is 0.490 e. The Morgan fingerprint density at radius 2 is 1.77 bits per heavy atom. The third-order valence-corrected chi connectivity index (χ3v) is 5.62. The number of benzene rings is 2. The van der Waals surface area contributed by atoms with Crippen LogP contribution in [0.4, 0.5) is 4.39 Å². The molecule has 30 heavy (non-hydrogen) atoms. The first-order valence-corrected chi connectivity index (χ1v) is 10.6. The number of thiophene rings is 1. The van der Waals surface area contributed by atoms with Crippen LogP contribution in [0.15, 0.2) is 59.0 Å². The van der Waals surface area contributed by atoms with Gasteiger partial charge in [-0.2, -0.15) is 0 Å². The second-order valence-electron chi connectivity index (χ2n) is 6.66. The van der Waals surface area contributed by atoms with Crippen molar-refractivity contribution in [2.45, 2.75) is 20.4 Å². The Labute approximate surface area is 177 Å². The molecule has 2 aromatic carbocycles. The summed E-state index contributed by atoms with van der Waals surface area (Å²) < 4.78 is 26.6. The van der Waals surface area contributed by atoms with Gasteiger partial charge in [0.05, 0.1) is 31.6 Å². The molecule has 0 amide bonds. The van der Waals surface area contributed by atoms with Crippen LogP contribution in [0.3, 0.4) is 0 Å². The number of hydrogen-bond donors (Lipinski definition) is 0. The predicted molar refractivity (Wildman–Crippen MR) is 117 cm³/mol. The van der Waals surface area contributed by atoms with E-state index in [1.54, 1.807) is 23.0 Å². The highest BCUT2D eigenvalue weighted by atomic mass is 32.1. The van der Waals surface area contributed by atoms with Gasteiger partial charge in [-0.15, -0.1) is 11.3 Å². The first-order chi connectivity index (χ1) is 14.6. The summed E-state index contributed by atoms with van der Waals surface area (Å²) in [6.07, 6.45) is 1.54. The molecular formula is C23H21FN2O3S. The average Bonchev–Trinajstić information content (AvgIpc) is 3.18. The van der Waals surface area contributed by atoms with Crippen molar-refractivity contribution in [1.29, 1.82) is 0 Å². The maximum atomic E-state index is 13.1. The fourth-order valence-corrected chi connectivity index (χ4v) is 4.24. The standard InChI is InChI=1S/C23H21FN2O3S/c1-3-28-19-10-7-16(11-20(19)29-4-2)18-13-30-22-21(18)25-14-26(23(22)27)12-15-5-8-17(24)9-6-15/h5-11,13-14H,3-4,12H2,1-2H3. The molecule has 0 aliphatic heterocycles. The molecule has 4 aromatic rings. The maximum absolute atomic E-state index is 13.1. The second kappa shape index (κ2) is 8.67. The molecule has 0 aliphatic rings. The van der Waals surface area contributed by atoms with E-state index in [0.29, 0.717) is 41.5 Å². The molecule has 2 aromatic heterocycles. The quantitative estimate of drug-likeness (QED) is 0.414. The van der Waals surface area contributed by atoms with Crippen LogP contribution in [-0.4, -0.2) is 22.8 Å². The van der Waals surface area contributed by atoms with Crippen molar-refractivity contribution in [1.82, 2.24) is 9.55 Å². The lowest BCUT2D eigenvalue weighted by Gasteiger charge is -2.12. The zero-order valence-electron chi connectivity index (χ0n) is 16.7. The number of aromatic nitrogens is 2. The highest BCUT2D eigenvalue weighted by Crippen LogP contribution is 2.36. The van der Waals surface area contributed by atoms with Gasteiger partial charge in [0, 0.05) is 10.9 Å². The van der Waals surface area contributed by atoms with E-state index in [-0.39, 0.29) is 11.4 Å². The Morgan fingerprint density at radius 1 is 1.03 bits per heavy atom. The van der Waals surface area contributed by atoms with Crippen LogP contribution in [-0.2, 0) is 6.54 Å². The van der Waals surface area contributed by atoms with Crippen molar-refractivity contribution in [3.8, 4) is 22.6 Å². The van der Waals surface area contributed by atoms with Gasteiger partial charge in [0.1, 0.15) is 10.5 Å². The number of halogens is 1. The van der Waals surface area contributed by atoms with Crippen LogP contribution in [0.25, 0.3) is 21.3 Å². The molecule has 0 spiro atoms. The fraction of sp³-hybridized carbons (Fsp3) is 0.217.